The number of anilines is 1. The van der Waals surface area contributed by atoms with Crippen LogP contribution in [0.4, 0.5) is 5.69 Å². The first-order chi connectivity index (χ1) is 12.8. The van der Waals surface area contributed by atoms with Crippen LogP contribution in [-0.4, -0.2) is 45.3 Å². The molecule has 0 aliphatic rings. The van der Waals surface area contributed by atoms with Gasteiger partial charge in [-0.3, -0.25) is 4.72 Å². The summed E-state index contributed by atoms with van der Waals surface area (Å²) in [5.41, 5.74) is 1.80. The molecule has 0 amide bonds. The highest BCUT2D eigenvalue weighted by Gasteiger charge is 2.20. The summed E-state index contributed by atoms with van der Waals surface area (Å²) in [6.07, 6.45) is 13.3. The fourth-order valence-electron chi connectivity index (χ4n) is 3.38. The maximum Gasteiger partial charge on any atom is 0.229 e. The van der Waals surface area contributed by atoms with E-state index in [4.69, 9.17) is 0 Å². The largest absolute Gasteiger partial charge is 0.321 e. The lowest BCUT2D eigenvalue weighted by Crippen LogP contribution is -2.48. The van der Waals surface area contributed by atoms with Gasteiger partial charge in [0.25, 0.3) is 0 Å². The Labute approximate surface area is 167 Å². The monoisotopic (exact) mass is 395 g/mol. The highest BCUT2D eigenvalue weighted by molar-refractivity contribution is 7.92. The molecule has 0 spiro atoms. The SMILES string of the molecule is CCCCCCC[N+](CC)(CC)CC=CCc1ccc(NS(C)(=O)=O)cc1. The fourth-order valence-corrected chi connectivity index (χ4v) is 3.94. The van der Waals surface area contributed by atoms with Gasteiger partial charge in [0.2, 0.25) is 10.0 Å². The van der Waals surface area contributed by atoms with Crippen LogP contribution >= 0.6 is 0 Å². The van der Waals surface area contributed by atoms with Gasteiger partial charge < -0.3 is 4.48 Å². The van der Waals surface area contributed by atoms with Gasteiger partial charge in [0, 0.05) is 5.69 Å². The number of sulfonamides is 1. The highest BCUT2D eigenvalue weighted by atomic mass is 32.2. The Balaban J connectivity index is 2.49. The molecule has 0 heterocycles. The molecule has 0 unspecified atom stereocenters. The smallest absolute Gasteiger partial charge is 0.229 e. The molecule has 1 aromatic rings. The lowest BCUT2D eigenvalue weighted by molar-refractivity contribution is -0.919. The zero-order valence-electron chi connectivity index (χ0n) is 17.7. The van der Waals surface area contributed by atoms with E-state index in [9.17, 15) is 8.42 Å². The Hall–Kier alpha value is -1.33. The molecular formula is C22H39N2O2S+. The second-order valence-corrected chi connectivity index (χ2v) is 9.29. The standard InChI is InChI=1S/C22H39N2O2S/c1-5-8-9-10-12-19-24(6-2,7-3)20-13-11-14-21-15-17-22(18-16-21)23-27(4,25)26/h11,13,15-18,23H,5-10,12,14,19-20H2,1-4H3/q+1. The molecule has 0 radical (unpaired) electrons. The Bertz CT molecular complexity index is 647. The van der Waals surface area contributed by atoms with Gasteiger partial charge in [0.05, 0.1) is 32.4 Å². The van der Waals surface area contributed by atoms with E-state index in [-0.39, 0.29) is 0 Å². The number of nitrogens with one attached hydrogen (secondary N) is 1. The molecule has 0 bridgehead atoms. The average molecular weight is 396 g/mol. The van der Waals surface area contributed by atoms with Gasteiger partial charge in [-0.15, -0.1) is 0 Å². The Morgan fingerprint density at radius 2 is 1.56 bits per heavy atom. The molecular weight excluding hydrogens is 356 g/mol. The first-order valence-corrected chi connectivity index (χ1v) is 12.3. The van der Waals surface area contributed by atoms with Crippen LogP contribution in [0.1, 0.15) is 58.4 Å². The molecule has 0 saturated heterocycles. The van der Waals surface area contributed by atoms with E-state index in [1.807, 2.05) is 24.3 Å². The predicted octanol–water partition coefficient (Wildman–Crippen LogP) is 4.98. The molecule has 1 rings (SSSR count). The number of likely N-dealkylation sites (N-methyl/N-ethyl adjacent to an activating group) is 1. The molecule has 1 aromatic carbocycles. The van der Waals surface area contributed by atoms with Gasteiger partial charge in [0.1, 0.15) is 0 Å². The first-order valence-electron chi connectivity index (χ1n) is 10.4. The van der Waals surface area contributed by atoms with Crippen molar-refractivity contribution < 1.29 is 12.9 Å². The fraction of sp³-hybridized carbons (Fsp3) is 0.636. The summed E-state index contributed by atoms with van der Waals surface area (Å²) in [7, 11) is -3.21. The lowest BCUT2D eigenvalue weighted by atomic mass is 10.1. The van der Waals surface area contributed by atoms with E-state index >= 15 is 0 Å². The number of nitrogens with zero attached hydrogens (tertiary/aromatic N) is 1. The van der Waals surface area contributed by atoms with Crippen LogP contribution in [0.2, 0.25) is 0 Å². The number of hydrogen-bond acceptors (Lipinski definition) is 2. The molecule has 0 aliphatic carbocycles. The van der Waals surface area contributed by atoms with E-state index < -0.39 is 10.0 Å². The topological polar surface area (TPSA) is 46.2 Å². The molecule has 0 saturated carbocycles. The van der Waals surface area contributed by atoms with Gasteiger partial charge in [-0.05, 0) is 56.9 Å². The summed E-state index contributed by atoms with van der Waals surface area (Å²) in [5, 5.41) is 0. The highest BCUT2D eigenvalue weighted by Crippen LogP contribution is 2.14. The van der Waals surface area contributed by atoms with Crippen molar-refractivity contribution in [3.63, 3.8) is 0 Å². The van der Waals surface area contributed by atoms with Gasteiger partial charge in [-0.25, -0.2) is 8.42 Å². The molecule has 0 fully saturated rings. The third-order valence-corrected chi connectivity index (χ3v) is 5.95. The van der Waals surface area contributed by atoms with Crippen LogP contribution in [0, 0.1) is 0 Å². The van der Waals surface area contributed by atoms with Crippen molar-refractivity contribution in [3.05, 3.63) is 42.0 Å². The number of hydrogen-bond donors (Lipinski definition) is 1. The van der Waals surface area contributed by atoms with E-state index in [2.05, 4.69) is 37.6 Å². The van der Waals surface area contributed by atoms with Gasteiger partial charge in [0.15, 0.2) is 0 Å². The summed E-state index contributed by atoms with van der Waals surface area (Å²) < 4.78 is 26.2. The number of unbranched alkanes of at least 4 members (excludes halogenated alkanes) is 4. The second kappa shape index (κ2) is 12.2. The third-order valence-electron chi connectivity index (χ3n) is 5.35. The Morgan fingerprint density at radius 1 is 0.926 bits per heavy atom. The van der Waals surface area contributed by atoms with E-state index in [1.54, 1.807) is 0 Å². The molecule has 4 nitrogen and oxygen atoms in total. The molecule has 27 heavy (non-hydrogen) atoms. The third kappa shape index (κ3) is 9.96. The first kappa shape index (κ1) is 23.7. The van der Waals surface area contributed by atoms with Crippen LogP contribution in [0.15, 0.2) is 36.4 Å². The van der Waals surface area contributed by atoms with Crippen LogP contribution in [0.3, 0.4) is 0 Å². The van der Waals surface area contributed by atoms with E-state index in [1.165, 1.54) is 68.0 Å². The molecule has 0 aromatic heterocycles. The van der Waals surface area contributed by atoms with Crippen LogP contribution in [0.25, 0.3) is 0 Å². The van der Waals surface area contributed by atoms with E-state index in [0.717, 1.165) is 13.0 Å². The molecule has 1 N–H and O–H groups in total. The zero-order valence-corrected chi connectivity index (χ0v) is 18.5. The molecule has 154 valence electrons. The second-order valence-electron chi connectivity index (χ2n) is 7.54. The molecule has 5 heteroatoms. The summed E-state index contributed by atoms with van der Waals surface area (Å²) in [6, 6.07) is 7.60. The van der Waals surface area contributed by atoms with Crippen molar-refractivity contribution in [1.82, 2.24) is 0 Å². The average Bonchev–Trinajstić information content (AvgIpc) is 2.63. The summed E-state index contributed by atoms with van der Waals surface area (Å²) in [4.78, 5) is 0. The van der Waals surface area contributed by atoms with Crippen molar-refractivity contribution >= 4 is 15.7 Å². The molecule has 0 atom stereocenters. The van der Waals surface area contributed by atoms with Crippen molar-refractivity contribution in [2.24, 2.45) is 0 Å². The minimum Gasteiger partial charge on any atom is -0.321 e. The lowest BCUT2D eigenvalue weighted by Gasteiger charge is -2.36. The Kier molecular flexibility index (Phi) is 10.7. The zero-order chi connectivity index (χ0) is 20.2. The van der Waals surface area contributed by atoms with Crippen LogP contribution in [0.5, 0.6) is 0 Å². The number of allylic oxidation sites excluding steroid dienone is 1. The minimum atomic E-state index is -3.21. The van der Waals surface area contributed by atoms with Crippen LogP contribution in [-0.2, 0) is 16.4 Å². The predicted molar refractivity (Wildman–Crippen MR) is 118 cm³/mol. The van der Waals surface area contributed by atoms with Crippen LogP contribution < -0.4 is 4.72 Å². The Morgan fingerprint density at radius 3 is 2.11 bits per heavy atom. The quantitative estimate of drug-likeness (QED) is 0.274. The summed E-state index contributed by atoms with van der Waals surface area (Å²) in [6.45, 7) is 11.6. The number of benzene rings is 1. The maximum absolute atomic E-state index is 11.3. The van der Waals surface area contributed by atoms with E-state index in [0.29, 0.717) is 5.69 Å². The summed E-state index contributed by atoms with van der Waals surface area (Å²) in [5.74, 6) is 0. The van der Waals surface area contributed by atoms with Gasteiger partial charge in [-0.2, -0.15) is 0 Å². The van der Waals surface area contributed by atoms with Crippen molar-refractivity contribution in [2.75, 3.05) is 37.2 Å². The maximum atomic E-state index is 11.3. The van der Waals surface area contributed by atoms with Crippen molar-refractivity contribution in [1.29, 1.82) is 0 Å². The minimum absolute atomic E-state index is 0.612. The van der Waals surface area contributed by atoms with Gasteiger partial charge >= 0.3 is 0 Å². The normalized spacial score (nSPS) is 12.6. The number of rotatable bonds is 14. The summed E-state index contributed by atoms with van der Waals surface area (Å²) >= 11 is 0. The van der Waals surface area contributed by atoms with Crippen molar-refractivity contribution in [2.45, 2.75) is 59.3 Å². The van der Waals surface area contributed by atoms with Gasteiger partial charge in [-0.1, -0.05) is 44.4 Å². The molecule has 0 aliphatic heterocycles. The number of quaternary nitrogens is 1. The van der Waals surface area contributed by atoms with Crippen molar-refractivity contribution in [3.8, 4) is 0 Å².